The minimum absolute atomic E-state index is 0.300. The Hall–Kier alpha value is 0.210. The summed E-state index contributed by atoms with van der Waals surface area (Å²) in [6, 6.07) is 0.300. The van der Waals surface area contributed by atoms with E-state index in [0.717, 1.165) is 32.7 Å². The van der Waals surface area contributed by atoms with Crippen molar-refractivity contribution in [2.45, 2.75) is 19.8 Å². The Bertz CT molecular complexity index is 51.6. The van der Waals surface area contributed by atoms with Crippen molar-refractivity contribution in [3.8, 4) is 0 Å². The first-order chi connectivity index (χ1) is 4.91. The maximum atomic E-state index is 5.29. The van der Waals surface area contributed by atoms with Crippen molar-refractivity contribution in [1.29, 1.82) is 0 Å². The highest BCUT2D eigenvalue weighted by Crippen LogP contribution is 1.91. The normalized spacial score (nSPS) is 10.2. The van der Waals surface area contributed by atoms with Gasteiger partial charge in [0.2, 0.25) is 0 Å². The number of hydrogen-bond donors (Lipinski definition) is 0. The Balaban J connectivity index is 2.65. The van der Waals surface area contributed by atoms with Crippen LogP contribution in [0, 0.1) is 0 Å². The Morgan fingerprint density at radius 1 is 1.10 bits per heavy atom. The van der Waals surface area contributed by atoms with Crippen LogP contribution in [-0.2, 0) is 9.47 Å². The number of halogens is 1. The van der Waals surface area contributed by atoms with Gasteiger partial charge >= 0.3 is 0 Å². The van der Waals surface area contributed by atoms with Crippen LogP contribution < -0.4 is 0 Å². The fraction of sp³-hybridized carbons (Fsp3) is 1.00. The average molecular weight is 167 g/mol. The lowest BCUT2D eigenvalue weighted by Gasteiger charge is -2.00. The van der Waals surface area contributed by atoms with Gasteiger partial charge in [-0.05, 0) is 19.8 Å². The second-order valence-electron chi connectivity index (χ2n) is 1.92. The highest BCUT2D eigenvalue weighted by molar-refractivity contribution is 6.17. The number of alkyl halides is 1. The van der Waals surface area contributed by atoms with E-state index < -0.39 is 0 Å². The molecule has 0 fully saturated rings. The van der Waals surface area contributed by atoms with E-state index in [1.165, 1.54) is 0 Å². The lowest BCUT2D eigenvalue weighted by Crippen LogP contribution is -1.97. The smallest absolute Gasteiger partial charge is 0.120 e. The number of rotatable bonds is 7. The van der Waals surface area contributed by atoms with Crippen LogP contribution in [0.2, 0.25) is 0 Å². The van der Waals surface area contributed by atoms with Gasteiger partial charge in [0.05, 0.1) is 0 Å². The summed E-state index contributed by atoms with van der Waals surface area (Å²) >= 11 is 5.29. The van der Waals surface area contributed by atoms with Gasteiger partial charge in [0.1, 0.15) is 6.07 Å². The van der Waals surface area contributed by atoms with Gasteiger partial charge in [-0.25, -0.2) is 0 Å². The van der Waals surface area contributed by atoms with Gasteiger partial charge in [-0.1, -0.05) is 11.6 Å². The van der Waals surface area contributed by atoms with E-state index in [1.54, 1.807) is 0 Å². The summed E-state index contributed by atoms with van der Waals surface area (Å²) in [6.45, 7) is 4.38. The van der Waals surface area contributed by atoms with Crippen LogP contribution in [0.4, 0.5) is 0 Å². The van der Waals surface area contributed by atoms with Crippen molar-refractivity contribution >= 4 is 11.6 Å². The molecule has 0 bridgehead atoms. The standard InChI is InChI=1S/C7H15ClO2/c1-2-9-5-3-4-6-10-7-8/h2-7H2,1H3. The van der Waals surface area contributed by atoms with Crippen LogP contribution in [0.3, 0.4) is 0 Å². The molecule has 0 saturated heterocycles. The zero-order valence-electron chi connectivity index (χ0n) is 6.44. The van der Waals surface area contributed by atoms with Gasteiger partial charge in [0.15, 0.2) is 0 Å². The molecule has 2 nitrogen and oxygen atoms in total. The lowest BCUT2D eigenvalue weighted by molar-refractivity contribution is 0.125. The molecule has 0 N–H and O–H groups in total. The van der Waals surface area contributed by atoms with Crippen LogP contribution in [0.25, 0.3) is 0 Å². The van der Waals surface area contributed by atoms with E-state index in [0.29, 0.717) is 6.07 Å². The molecular weight excluding hydrogens is 152 g/mol. The Morgan fingerprint density at radius 2 is 1.70 bits per heavy atom. The molecule has 0 aliphatic heterocycles. The molecule has 0 heterocycles. The summed E-state index contributed by atoms with van der Waals surface area (Å²) in [6.07, 6.45) is 2.09. The molecule has 3 heteroatoms. The number of unbranched alkanes of at least 4 members (excludes halogenated alkanes) is 1. The second-order valence-corrected chi connectivity index (χ2v) is 2.14. The minimum atomic E-state index is 0.300. The predicted molar refractivity (Wildman–Crippen MR) is 42.4 cm³/mol. The first-order valence-electron chi connectivity index (χ1n) is 3.63. The first-order valence-corrected chi connectivity index (χ1v) is 4.16. The van der Waals surface area contributed by atoms with Crippen molar-refractivity contribution in [3.05, 3.63) is 0 Å². The van der Waals surface area contributed by atoms with Gasteiger partial charge in [0.25, 0.3) is 0 Å². The first kappa shape index (κ1) is 10.2. The van der Waals surface area contributed by atoms with Crippen LogP contribution >= 0.6 is 11.6 Å². The van der Waals surface area contributed by atoms with E-state index in [1.807, 2.05) is 6.92 Å². The third kappa shape index (κ3) is 8.21. The van der Waals surface area contributed by atoms with Crippen molar-refractivity contribution < 1.29 is 9.47 Å². The fourth-order valence-corrected chi connectivity index (χ4v) is 0.716. The van der Waals surface area contributed by atoms with Crippen LogP contribution in [0.5, 0.6) is 0 Å². The molecule has 0 unspecified atom stereocenters. The van der Waals surface area contributed by atoms with Crippen LogP contribution in [0.1, 0.15) is 19.8 Å². The Kier molecular flexibility index (Phi) is 9.40. The Morgan fingerprint density at radius 3 is 2.20 bits per heavy atom. The van der Waals surface area contributed by atoms with Gasteiger partial charge in [-0.3, -0.25) is 0 Å². The zero-order chi connectivity index (χ0) is 7.66. The summed E-state index contributed by atoms with van der Waals surface area (Å²) < 4.78 is 10.0. The highest BCUT2D eigenvalue weighted by atomic mass is 35.5. The molecule has 10 heavy (non-hydrogen) atoms. The number of hydrogen-bond acceptors (Lipinski definition) is 2. The summed E-state index contributed by atoms with van der Waals surface area (Å²) in [4.78, 5) is 0. The molecule has 0 aromatic heterocycles. The molecule has 0 radical (unpaired) electrons. The van der Waals surface area contributed by atoms with E-state index >= 15 is 0 Å². The maximum Gasteiger partial charge on any atom is 0.120 e. The van der Waals surface area contributed by atoms with E-state index in [4.69, 9.17) is 21.1 Å². The summed E-state index contributed by atoms with van der Waals surface area (Å²) in [5.74, 6) is 0. The zero-order valence-corrected chi connectivity index (χ0v) is 7.19. The van der Waals surface area contributed by atoms with E-state index in [9.17, 15) is 0 Å². The maximum absolute atomic E-state index is 5.29. The monoisotopic (exact) mass is 166 g/mol. The highest BCUT2D eigenvalue weighted by Gasteiger charge is 1.87. The molecule has 0 saturated carbocycles. The van der Waals surface area contributed by atoms with Crippen molar-refractivity contribution in [3.63, 3.8) is 0 Å². The fourth-order valence-electron chi connectivity index (χ4n) is 0.607. The minimum Gasteiger partial charge on any atom is -0.382 e. The quantitative estimate of drug-likeness (QED) is 0.426. The van der Waals surface area contributed by atoms with Gasteiger partial charge in [-0.2, -0.15) is 0 Å². The topological polar surface area (TPSA) is 18.5 Å². The lowest BCUT2D eigenvalue weighted by atomic mass is 10.3. The van der Waals surface area contributed by atoms with Crippen LogP contribution in [0.15, 0.2) is 0 Å². The van der Waals surface area contributed by atoms with Crippen LogP contribution in [-0.4, -0.2) is 25.9 Å². The third-order valence-electron chi connectivity index (χ3n) is 1.11. The van der Waals surface area contributed by atoms with Crippen molar-refractivity contribution in [2.75, 3.05) is 25.9 Å². The van der Waals surface area contributed by atoms with E-state index in [-0.39, 0.29) is 0 Å². The van der Waals surface area contributed by atoms with E-state index in [2.05, 4.69) is 0 Å². The predicted octanol–water partition coefficient (Wildman–Crippen LogP) is 2.02. The molecule has 0 atom stereocenters. The van der Waals surface area contributed by atoms with Gasteiger partial charge < -0.3 is 9.47 Å². The molecule has 0 aliphatic carbocycles. The summed E-state index contributed by atoms with van der Waals surface area (Å²) in [5.41, 5.74) is 0. The Labute approximate surface area is 67.5 Å². The molecule has 0 aliphatic rings. The largest absolute Gasteiger partial charge is 0.382 e. The molecule has 0 rings (SSSR count). The molecular formula is C7H15ClO2. The average Bonchev–Trinajstić information content (AvgIpc) is 1.97. The molecule has 62 valence electrons. The van der Waals surface area contributed by atoms with Gasteiger partial charge in [0, 0.05) is 19.8 Å². The second kappa shape index (κ2) is 9.21. The summed E-state index contributed by atoms with van der Waals surface area (Å²) in [5, 5.41) is 0. The molecule has 0 spiro atoms. The SMILES string of the molecule is CCOCCCCOCCl. The van der Waals surface area contributed by atoms with Gasteiger partial charge in [-0.15, -0.1) is 0 Å². The third-order valence-corrected chi connectivity index (χ3v) is 1.26. The molecule has 0 aromatic rings. The van der Waals surface area contributed by atoms with Crippen molar-refractivity contribution in [2.24, 2.45) is 0 Å². The molecule has 0 amide bonds. The number of ether oxygens (including phenoxy) is 2. The summed E-state index contributed by atoms with van der Waals surface area (Å²) in [7, 11) is 0. The molecule has 0 aromatic carbocycles. The van der Waals surface area contributed by atoms with Crippen molar-refractivity contribution in [1.82, 2.24) is 0 Å².